The van der Waals surface area contributed by atoms with E-state index in [0.29, 0.717) is 12.8 Å². The van der Waals surface area contributed by atoms with E-state index < -0.39 is 83.9 Å². The van der Waals surface area contributed by atoms with Crippen molar-refractivity contribution in [3.05, 3.63) is 41.5 Å². The Morgan fingerprint density at radius 1 is 1.18 bits per heavy atom. The zero-order chi connectivity index (χ0) is 36.7. The number of rotatable bonds is 11. The van der Waals surface area contributed by atoms with Gasteiger partial charge in [-0.05, 0) is 57.2 Å². The average molecular weight is 713 g/mol. The predicted molar refractivity (Wildman–Crippen MR) is 179 cm³/mol. The Bertz CT molecular complexity index is 1560. The highest BCUT2D eigenvalue weighted by molar-refractivity contribution is 5.96. The summed E-state index contributed by atoms with van der Waals surface area (Å²) >= 11 is 0. The summed E-state index contributed by atoms with van der Waals surface area (Å²) in [6.45, 7) is 5.25. The number of hydrogen-bond acceptors (Lipinski definition) is 12. The molecule has 1 saturated carbocycles. The lowest BCUT2D eigenvalue weighted by molar-refractivity contribution is -0.204. The number of carbonyl (C=O) groups excluding carboxylic acids is 5. The normalized spacial score (nSPS) is 30.5. The molecule has 51 heavy (non-hydrogen) atoms. The maximum Gasteiger partial charge on any atom is 0.327 e. The van der Waals surface area contributed by atoms with Crippen molar-refractivity contribution in [3.63, 3.8) is 0 Å². The number of aliphatic hydroxyl groups excluding tert-OH is 1. The van der Waals surface area contributed by atoms with Crippen molar-refractivity contribution in [1.29, 1.82) is 0 Å². The molecule has 8 atom stereocenters. The minimum absolute atomic E-state index is 0.00272. The average Bonchev–Trinajstić information content (AvgIpc) is 3.83. The van der Waals surface area contributed by atoms with Gasteiger partial charge in [-0.25, -0.2) is 0 Å². The summed E-state index contributed by atoms with van der Waals surface area (Å²) in [5, 5.41) is 14.3. The molecule has 6 rings (SSSR count). The number of carbonyl (C=O) groups is 5. The monoisotopic (exact) mass is 712 g/mol. The van der Waals surface area contributed by atoms with Crippen LogP contribution >= 0.6 is 0 Å². The van der Waals surface area contributed by atoms with Gasteiger partial charge in [0.1, 0.15) is 48.3 Å². The zero-order valence-corrected chi connectivity index (χ0v) is 29.7. The molecule has 1 aliphatic carbocycles. The van der Waals surface area contributed by atoms with Crippen LogP contribution in [0.2, 0.25) is 0 Å². The quantitative estimate of drug-likeness (QED) is 0.246. The predicted octanol–water partition coefficient (Wildman–Crippen LogP) is 0.919. The number of fused-ring (bicyclic) bond motifs is 4. The molecule has 5 fully saturated rings. The highest BCUT2D eigenvalue weighted by Gasteiger charge is 2.75. The van der Waals surface area contributed by atoms with E-state index in [9.17, 15) is 29.1 Å². The molecule has 2 N–H and O–H groups in total. The van der Waals surface area contributed by atoms with Crippen molar-refractivity contribution in [2.24, 2.45) is 5.41 Å². The Hall–Kier alpha value is -3.89. The number of likely N-dealkylation sites (tertiary alicyclic amines) is 1. The third kappa shape index (κ3) is 7.40. The summed E-state index contributed by atoms with van der Waals surface area (Å²) in [7, 11) is 3.33. The molecule has 4 saturated heterocycles. The van der Waals surface area contributed by atoms with E-state index in [1.807, 2.05) is 24.3 Å². The van der Waals surface area contributed by atoms with E-state index in [0.717, 1.165) is 11.1 Å². The van der Waals surface area contributed by atoms with E-state index in [-0.39, 0.29) is 45.1 Å². The number of esters is 2. The second-order valence-corrected chi connectivity index (χ2v) is 15.1. The number of ether oxygens (including phenoxy) is 4. The molecule has 0 unspecified atom stereocenters. The minimum atomic E-state index is -1.43. The van der Waals surface area contributed by atoms with E-state index in [1.54, 1.807) is 40.9 Å². The first kappa shape index (κ1) is 36.9. The first-order valence-corrected chi connectivity index (χ1v) is 17.5. The lowest BCUT2D eigenvalue weighted by Crippen LogP contribution is -2.70. The fourth-order valence-corrected chi connectivity index (χ4v) is 7.85. The van der Waals surface area contributed by atoms with Crippen molar-refractivity contribution >= 4 is 35.7 Å². The van der Waals surface area contributed by atoms with Gasteiger partial charge in [-0.15, -0.1) is 0 Å². The molecular formula is C36H48N4O11. The van der Waals surface area contributed by atoms with Gasteiger partial charge in [0.05, 0.1) is 19.2 Å². The van der Waals surface area contributed by atoms with Crippen LogP contribution < -0.4 is 5.32 Å². The Balaban J connectivity index is 1.23. The molecule has 15 heteroatoms. The number of likely N-dealkylation sites (N-methyl/N-ethyl adjacent to an activating group) is 1. The van der Waals surface area contributed by atoms with Crippen LogP contribution in [-0.4, -0.2) is 132 Å². The molecule has 0 spiro atoms. The summed E-state index contributed by atoms with van der Waals surface area (Å²) in [4.78, 5) is 76.5. The molecule has 4 heterocycles. The summed E-state index contributed by atoms with van der Waals surface area (Å²) in [6.07, 6.45) is 1.45. The second-order valence-electron chi connectivity index (χ2n) is 15.1. The largest absolute Gasteiger partial charge is 0.460 e. The Morgan fingerprint density at radius 3 is 2.67 bits per heavy atom. The van der Waals surface area contributed by atoms with Gasteiger partial charge in [-0.1, -0.05) is 24.3 Å². The van der Waals surface area contributed by atoms with Crippen LogP contribution in [0.1, 0.15) is 64.0 Å². The van der Waals surface area contributed by atoms with Crippen LogP contribution in [0.15, 0.2) is 30.3 Å². The fraction of sp³-hybridized carbons (Fsp3) is 0.639. The Morgan fingerprint density at radius 2 is 1.94 bits per heavy atom. The van der Waals surface area contributed by atoms with E-state index in [4.69, 9.17) is 23.8 Å². The molecule has 1 aromatic carbocycles. The lowest BCUT2D eigenvalue weighted by atomic mass is 9.62. The maximum atomic E-state index is 15.0. The number of aliphatic hydroxyl groups is 1. The van der Waals surface area contributed by atoms with Crippen molar-refractivity contribution in [3.8, 4) is 0 Å². The number of nitrogens with zero attached hydrogens (tertiary/aromatic N) is 3. The fourth-order valence-electron chi connectivity index (χ4n) is 7.85. The number of hydrogen-bond donors (Lipinski definition) is 2. The highest BCUT2D eigenvalue weighted by Crippen LogP contribution is 2.56. The van der Waals surface area contributed by atoms with Crippen LogP contribution in [0.5, 0.6) is 0 Å². The van der Waals surface area contributed by atoms with Gasteiger partial charge < -0.3 is 39.2 Å². The van der Waals surface area contributed by atoms with Gasteiger partial charge in [0.15, 0.2) is 6.04 Å². The molecule has 0 aromatic heterocycles. The van der Waals surface area contributed by atoms with Gasteiger partial charge >= 0.3 is 11.9 Å². The smallest absolute Gasteiger partial charge is 0.327 e. The molecule has 4 aliphatic heterocycles. The number of benzene rings is 1. The Kier molecular flexibility index (Phi) is 10.6. The molecule has 5 aliphatic rings. The van der Waals surface area contributed by atoms with E-state index in [2.05, 4.69) is 5.32 Å². The van der Waals surface area contributed by atoms with Gasteiger partial charge in [-0.2, -0.15) is 5.06 Å². The first-order valence-electron chi connectivity index (χ1n) is 17.5. The van der Waals surface area contributed by atoms with Crippen LogP contribution in [0, 0.1) is 5.41 Å². The van der Waals surface area contributed by atoms with Crippen LogP contribution in [0.4, 0.5) is 0 Å². The van der Waals surface area contributed by atoms with E-state index in [1.165, 1.54) is 20.9 Å². The van der Waals surface area contributed by atoms with Gasteiger partial charge in [0.25, 0.3) is 0 Å². The van der Waals surface area contributed by atoms with Crippen molar-refractivity contribution in [2.75, 3.05) is 34.0 Å². The molecule has 1 aromatic rings. The standard InChI is InChI=1S/C36H48N4O11/c1-35(2,3)50-27(43)14-12-23(19-41)37-32(44)24-10-7-15-39(24)34(46)36-17-25-28-29(48-20-47-28)31(36)51-40(30(36)33(45)49-25)18-22-9-6-8-21(16-22)11-13-26(42)38(4)5/h6,8-9,11,13,16,23-25,28-31,41H,7,10,12,14-15,17-20H2,1-5H3,(H,37,44)/t23-,24+,25-,28-,29-,30-,31+,36-/m0/s1. The molecule has 15 nitrogen and oxygen atoms in total. The molecule has 0 radical (unpaired) electrons. The van der Waals surface area contributed by atoms with Gasteiger partial charge in [0, 0.05) is 39.6 Å². The van der Waals surface area contributed by atoms with Gasteiger partial charge in [-0.3, -0.25) is 28.8 Å². The number of hydroxylamine groups is 2. The van der Waals surface area contributed by atoms with Crippen molar-refractivity contribution < 1.29 is 52.9 Å². The van der Waals surface area contributed by atoms with Crippen molar-refractivity contribution in [2.45, 2.75) is 108 Å². The minimum Gasteiger partial charge on any atom is -0.460 e. The first-order chi connectivity index (χ1) is 24.2. The maximum absolute atomic E-state index is 15.0. The molecule has 2 bridgehead atoms. The molecule has 3 amide bonds. The summed E-state index contributed by atoms with van der Waals surface area (Å²) in [5.41, 5.74) is -0.556. The lowest BCUT2D eigenvalue weighted by Gasteiger charge is -2.50. The summed E-state index contributed by atoms with van der Waals surface area (Å²) < 4.78 is 23.1. The number of amides is 3. The summed E-state index contributed by atoms with van der Waals surface area (Å²) in [6, 6.07) is 4.70. The Labute approximate surface area is 297 Å². The third-order valence-electron chi connectivity index (χ3n) is 10.1. The number of nitrogens with one attached hydrogen (secondary N) is 1. The van der Waals surface area contributed by atoms with Crippen LogP contribution in [0.25, 0.3) is 6.08 Å². The van der Waals surface area contributed by atoms with Gasteiger partial charge in [0.2, 0.25) is 17.7 Å². The topological polar surface area (TPSA) is 173 Å². The van der Waals surface area contributed by atoms with Crippen molar-refractivity contribution in [1.82, 2.24) is 20.2 Å². The van der Waals surface area contributed by atoms with Crippen LogP contribution in [-0.2, 0) is 54.3 Å². The molecule has 278 valence electrons. The SMILES string of the molecule is CN(C)C(=O)C=Cc1cccc(CN2O[C@@H]3[C@H]4OCO[C@H]4[C@@H]4C[C@]3(C(=O)N3CCC[C@@H]3C(=O)N[C@H](CO)CCC(=O)OC(C)(C)C)[C@@H]2C(=O)O4)c1. The van der Waals surface area contributed by atoms with E-state index >= 15 is 0 Å². The highest BCUT2D eigenvalue weighted by atomic mass is 16.8. The zero-order valence-electron chi connectivity index (χ0n) is 29.7. The summed E-state index contributed by atoms with van der Waals surface area (Å²) in [5.74, 6) is -2.08. The second kappa shape index (κ2) is 14.6. The molecular weight excluding hydrogens is 664 g/mol. The van der Waals surface area contributed by atoms with Crippen LogP contribution in [0.3, 0.4) is 0 Å². The third-order valence-corrected chi connectivity index (χ3v) is 10.1.